The van der Waals surface area contributed by atoms with Gasteiger partial charge in [0.05, 0.1) is 11.4 Å². The lowest BCUT2D eigenvalue weighted by molar-refractivity contribution is -0.117. The molecule has 1 saturated heterocycles. The third kappa shape index (κ3) is 6.12. The zero-order chi connectivity index (χ0) is 13.7. The lowest BCUT2D eigenvalue weighted by Crippen LogP contribution is -2.30. The molecule has 2 rings (SSSR count). The smallest absolute Gasteiger partial charge is 0.224 e. The van der Waals surface area contributed by atoms with E-state index < -0.39 is 0 Å². The van der Waals surface area contributed by atoms with Crippen LogP contribution in [0.25, 0.3) is 0 Å². The molecule has 1 aliphatic heterocycles. The van der Waals surface area contributed by atoms with Crippen LogP contribution in [0.4, 0.5) is 11.4 Å². The minimum atomic E-state index is 0. The number of para-hydroxylation sites is 2. The minimum Gasteiger partial charge on any atom is -0.376 e. The predicted octanol–water partition coefficient (Wildman–Crippen LogP) is 2.92. The van der Waals surface area contributed by atoms with Gasteiger partial charge in [-0.25, -0.2) is 0 Å². The van der Waals surface area contributed by atoms with Gasteiger partial charge in [-0.3, -0.25) is 4.79 Å². The first-order chi connectivity index (χ1) is 9.16. The number of piperidine rings is 1. The molecular formula is C15H25Cl2N3O. The molecule has 2 N–H and O–H groups in total. The number of nitrogens with zero attached hydrogens (tertiary/aromatic N) is 1. The van der Waals surface area contributed by atoms with Gasteiger partial charge in [0.1, 0.15) is 0 Å². The summed E-state index contributed by atoms with van der Waals surface area (Å²) in [7, 11) is 3.97. The number of rotatable bonds is 4. The van der Waals surface area contributed by atoms with Crippen molar-refractivity contribution < 1.29 is 4.79 Å². The largest absolute Gasteiger partial charge is 0.376 e. The van der Waals surface area contributed by atoms with E-state index in [0.717, 1.165) is 37.3 Å². The average molecular weight is 334 g/mol. The van der Waals surface area contributed by atoms with Crippen molar-refractivity contribution >= 4 is 42.1 Å². The first kappa shape index (κ1) is 20.0. The van der Waals surface area contributed by atoms with Crippen LogP contribution in [0.2, 0.25) is 0 Å². The lowest BCUT2D eigenvalue weighted by Gasteiger charge is -2.23. The first-order valence-corrected chi connectivity index (χ1v) is 6.93. The first-order valence-electron chi connectivity index (χ1n) is 6.93. The van der Waals surface area contributed by atoms with Crippen LogP contribution >= 0.6 is 24.8 Å². The quantitative estimate of drug-likeness (QED) is 0.890. The Kier molecular flexibility index (Phi) is 9.42. The molecule has 0 bridgehead atoms. The molecule has 1 heterocycles. The normalized spacial score (nSPS) is 14.6. The molecule has 0 aromatic heterocycles. The van der Waals surface area contributed by atoms with E-state index >= 15 is 0 Å². The fourth-order valence-corrected chi connectivity index (χ4v) is 2.52. The van der Waals surface area contributed by atoms with Crippen molar-refractivity contribution in [1.82, 2.24) is 5.32 Å². The Balaban J connectivity index is 0.00000200. The van der Waals surface area contributed by atoms with E-state index in [1.54, 1.807) is 0 Å². The highest BCUT2D eigenvalue weighted by Crippen LogP contribution is 2.24. The van der Waals surface area contributed by atoms with Gasteiger partial charge in [-0.05, 0) is 44.0 Å². The van der Waals surface area contributed by atoms with Crippen LogP contribution in [0.15, 0.2) is 24.3 Å². The number of carbonyl (C=O) groups excluding carboxylic acids is 1. The predicted molar refractivity (Wildman–Crippen MR) is 94.1 cm³/mol. The fraction of sp³-hybridized carbons (Fsp3) is 0.533. The Morgan fingerprint density at radius 3 is 2.48 bits per heavy atom. The van der Waals surface area contributed by atoms with Crippen LogP contribution in [-0.2, 0) is 4.79 Å². The maximum absolute atomic E-state index is 12.1. The van der Waals surface area contributed by atoms with Crippen LogP contribution in [0.5, 0.6) is 0 Å². The maximum atomic E-state index is 12.1. The third-order valence-electron chi connectivity index (χ3n) is 3.59. The van der Waals surface area contributed by atoms with Crippen LogP contribution in [0.3, 0.4) is 0 Å². The molecule has 0 unspecified atom stereocenters. The van der Waals surface area contributed by atoms with Gasteiger partial charge in [-0.2, -0.15) is 0 Å². The minimum absolute atomic E-state index is 0. The summed E-state index contributed by atoms with van der Waals surface area (Å²) in [6.07, 6.45) is 2.83. The zero-order valence-electron chi connectivity index (χ0n) is 12.6. The number of halogens is 2. The van der Waals surface area contributed by atoms with Crippen LogP contribution in [0.1, 0.15) is 19.3 Å². The summed E-state index contributed by atoms with van der Waals surface area (Å²) in [5, 5.41) is 6.36. The van der Waals surface area contributed by atoms with Gasteiger partial charge in [0.2, 0.25) is 5.91 Å². The fourth-order valence-electron chi connectivity index (χ4n) is 2.52. The summed E-state index contributed by atoms with van der Waals surface area (Å²) >= 11 is 0. The molecule has 0 aliphatic carbocycles. The third-order valence-corrected chi connectivity index (χ3v) is 3.59. The Morgan fingerprint density at radius 1 is 1.24 bits per heavy atom. The second kappa shape index (κ2) is 9.87. The highest BCUT2D eigenvalue weighted by atomic mass is 35.5. The second-order valence-electron chi connectivity index (χ2n) is 5.36. The van der Waals surface area contributed by atoms with E-state index in [-0.39, 0.29) is 30.7 Å². The number of hydrogen-bond acceptors (Lipinski definition) is 3. The van der Waals surface area contributed by atoms with Crippen molar-refractivity contribution in [3.8, 4) is 0 Å². The van der Waals surface area contributed by atoms with Crippen molar-refractivity contribution in [1.29, 1.82) is 0 Å². The summed E-state index contributed by atoms with van der Waals surface area (Å²) in [6.45, 7) is 2.07. The number of nitrogens with one attached hydrogen (secondary N) is 2. The molecule has 6 heteroatoms. The molecule has 120 valence electrons. The monoisotopic (exact) mass is 333 g/mol. The van der Waals surface area contributed by atoms with Gasteiger partial charge < -0.3 is 15.5 Å². The molecule has 1 aromatic carbocycles. The number of carbonyl (C=O) groups is 1. The van der Waals surface area contributed by atoms with Crippen molar-refractivity contribution in [3.05, 3.63) is 24.3 Å². The standard InChI is InChI=1S/C15H23N3O.2ClH/c1-18(2)14-6-4-3-5-13(14)17-15(19)11-12-7-9-16-10-8-12;;/h3-6,12,16H,7-11H2,1-2H3,(H,17,19);2*1H. The number of anilines is 2. The lowest BCUT2D eigenvalue weighted by atomic mass is 9.94. The van der Waals surface area contributed by atoms with E-state index in [1.165, 1.54) is 0 Å². The Morgan fingerprint density at radius 2 is 1.86 bits per heavy atom. The molecule has 1 aliphatic rings. The topological polar surface area (TPSA) is 44.4 Å². The highest BCUT2D eigenvalue weighted by Gasteiger charge is 2.17. The summed E-state index contributed by atoms with van der Waals surface area (Å²) < 4.78 is 0. The summed E-state index contributed by atoms with van der Waals surface area (Å²) in [4.78, 5) is 14.1. The van der Waals surface area contributed by atoms with Crippen molar-refractivity contribution in [2.45, 2.75) is 19.3 Å². The van der Waals surface area contributed by atoms with Gasteiger partial charge in [-0.1, -0.05) is 12.1 Å². The second-order valence-corrected chi connectivity index (χ2v) is 5.36. The molecule has 1 fully saturated rings. The van der Waals surface area contributed by atoms with Crippen LogP contribution in [-0.4, -0.2) is 33.1 Å². The average Bonchev–Trinajstić information content (AvgIpc) is 2.40. The van der Waals surface area contributed by atoms with Gasteiger partial charge >= 0.3 is 0 Å². The molecule has 4 nitrogen and oxygen atoms in total. The number of amides is 1. The van der Waals surface area contributed by atoms with Crippen molar-refractivity contribution in [2.24, 2.45) is 5.92 Å². The Hall–Kier alpha value is -0.970. The van der Waals surface area contributed by atoms with Gasteiger partial charge in [0.15, 0.2) is 0 Å². The molecule has 1 aromatic rings. The molecular weight excluding hydrogens is 309 g/mol. The Bertz CT molecular complexity index is 435. The SMILES string of the molecule is CN(C)c1ccccc1NC(=O)CC1CCNCC1.Cl.Cl. The Labute approximate surface area is 139 Å². The zero-order valence-corrected chi connectivity index (χ0v) is 14.2. The van der Waals surface area contributed by atoms with Gasteiger partial charge in [0.25, 0.3) is 0 Å². The molecule has 1 amide bonds. The summed E-state index contributed by atoms with van der Waals surface area (Å²) in [5.41, 5.74) is 1.94. The summed E-state index contributed by atoms with van der Waals surface area (Å²) in [5.74, 6) is 0.647. The van der Waals surface area contributed by atoms with E-state index in [4.69, 9.17) is 0 Å². The van der Waals surface area contributed by atoms with E-state index in [0.29, 0.717) is 12.3 Å². The maximum Gasteiger partial charge on any atom is 0.224 e. The van der Waals surface area contributed by atoms with E-state index in [1.807, 2.05) is 43.3 Å². The molecule has 0 atom stereocenters. The van der Waals surface area contributed by atoms with Crippen LogP contribution < -0.4 is 15.5 Å². The molecule has 21 heavy (non-hydrogen) atoms. The van der Waals surface area contributed by atoms with Crippen molar-refractivity contribution in [2.75, 3.05) is 37.4 Å². The van der Waals surface area contributed by atoms with Crippen molar-refractivity contribution in [3.63, 3.8) is 0 Å². The number of hydrogen-bond donors (Lipinski definition) is 2. The number of benzene rings is 1. The molecule has 0 saturated carbocycles. The highest BCUT2D eigenvalue weighted by molar-refractivity contribution is 5.94. The molecule has 0 radical (unpaired) electrons. The van der Waals surface area contributed by atoms with Gasteiger partial charge in [0, 0.05) is 20.5 Å². The molecule has 0 spiro atoms. The van der Waals surface area contributed by atoms with Crippen LogP contribution in [0, 0.1) is 5.92 Å². The van der Waals surface area contributed by atoms with Gasteiger partial charge in [-0.15, -0.1) is 24.8 Å². The van der Waals surface area contributed by atoms with E-state index in [2.05, 4.69) is 10.6 Å². The van der Waals surface area contributed by atoms with E-state index in [9.17, 15) is 4.79 Å². The summed E-state index contributed by atoms with van der Waals surface area (Å²) in [6, 6.07) is 7.90.